The third-order valence-corrected chi connectivity index (χ3v) is 2.35. The van der Waals surface area contributed by atoms with Gasteiger partial charge in [0.05, 0.1) is 0 Å². The highest BCUT2D eigenvalue weighted by Gasteiger charge is 2.40. The van der Waals surface area contributed by atoms with Crippen molar-refractivity contribution in [1.29, 1.82) is 0 Å². The Kier molecular flexibility index (Phi) is 7.09. The van der Waals surface area contributed by atoms with Gasteiger partial charge in [-0.2, -0.15) is 0 Å². The van der Waals surface area contributed by atoms with E-state index in [1.165, 1.54) is 0 Å². The third-order valence-electron chi connectivity index (χ3n) is 2.35. The van der Waals surface area contributed by atoms with E-state index in [0.29, 0.717) is 0 Å². The van der Waals surface area contributed by atoms with Crippen molar-refractivity contribution in [3.8, 4) is 0 Å². The molecule has 0 aromatic heterocycles. The van der Waals surface area contributed by atoms with E-state index in [0.717, 1.165) is 19.3 Å². The fourth-order valence-corrected chi connectivity index (χ4v) is 1.47. The predicted octanol–water partition coefficient (Wildman–Crippen LogP) is 1.78. The van der Waals surface area contributed by atoms with Crippen LogP contribution in [0.3, 0.4) is 0 Å². The zero-order valence-electron chi connectivity index (χ0n) is 9.83. The van der Waals surface area contributed by atoms with Gasteiger partial charge < -0.3 is 18.9 Å². The van der Waals surface area contributed by atoms with Crippen molar-refractivity contribution in [1.82, 2.24) is 0 Å². The maximum atomic E-state index is 5.32. The highest BCUT2D eigenvalue weighted by atomic mass is 16.9. The van der Waals surface area contributed by atoms with Crippen LogP contribution in [0.25, 0.3) is 0 Å². The number of hydrogen-bond acceptors (Lipinski definition) is 4. The van der Waals surface area contributed by atoms with Gasteiger partial charge in [0.25, 0.3) is 0 Å². The Morgan fingerprint density at radius 2 is 1.50 bits per heavy atom. The van der Waals surface area contributed by atoms with Gasteiger partial charge in [-0.15, -0.1) is 0 Å². The first-order valence-electron chi connectivity index (χ1n) is 4.89. The molecular weight excluding hydrogens is 184 g/mol. The van der Waals surface area contributed by atoms with E-state index in [-0.39, 0.29) is 6.10 Å². The second-order valence-electron chi connectivity index (χ2n) is 3.08. The molecule has 0 heterocycles. The van der Waals surface area contributed by atoms with E-state index >= 15 is 0 Å². The van der Waals surface area contributed by atoms with Crippen LogP contribution in [0.15, 0.2) is 0 Å². The number of ether oxygens (including phenoxy) is 4. The lowest BCUT2D eigenvalue weighted by Gasteiger charge is -2.35. The van der Waals surface area contributed by atoms with E-state index in [9.17, 15) is 0 Å². The van der Waals surface area contributed by atoms with Crippen LogP contribution in [0.2, 0.25) is 0 Å². The topological polar surface area (TPSA) is 36.9 Å². The van der Waals surface area contributed by atoms with Crippen molar-refractivity contribution in [3.05, 3.63) is 0 Å². The number of rotatable bonds is 8. The summed E-state index contributed by atoms with van der Waals surface area (Å²) >= 11 is 0. The molecule has 14 heavy (non-hydrogen) atoms. The van der Waals surface area contributed by atoms with Gasteiger partial charge >= 0.3 is 5.97 Å². The summed E-state index contributed by atoms with van der Waals surface area (Å²) in [6.45, 7) is 2.13. The normalized spacial score (nSPS) is 14.4. The Labute approximate surface area is 86.5 Å². The summed E-state index contributed by atoms with van der Waals surface area (Å²) in [7, 11) is 6.27. The number of unbranched alkanes of at least 4 members (excludes halogenated alkanes) is 1. The summed E-state index contributed by atoms with van der Waals surface area (Å²) in [4.78, 5) is 0. The Morgan fingerprint density at radius 3 is 1.79 bits per heavy atom. The minimum atomic E-state index is -1.08. The molecule has 0 spiro atoms. The lowest BCUT2D eigenvalue weighted by Crippen LogP contribution is -2.48. The van der Waals surface area contributed by atoms with E-state index in [2.05, 4.69) is 6.92 Å². The summed E-state index contributed by atoms with van der Waals surface area (Å²) in [5, 5.41) is 0. The minimum absolute atomic E-state index is 0.206. The average molecular weight is 206 g/mol. The smallest absolute Gasteiger partial charge is 0.310 e. The molecule has 0 bridgehead atoms. The van der Waals surface area contributed by atoms with Crippen LogP contribution in [0.5, 0.6) is 0 Å². The maximum Gasteiger partial charge on any atom is 0.310 e. The summed E-state index contributed by atoms with van der Waals surface area (Å²) in [5.74, 6) is -1.08. The van der Waals surface area contributed by atoms with Crippen LogP contribution in [-0.4, -0.2) is 40.5 Å². The minimum Gasteiger partial charge on any atom is -0.373 e. The molecule has 0 fully saturated rings. The molecule has 0 aliphatic rings. The molecule has 0 saturated carbocycles. The fraction of sp³-hybridized carbons (Fsp3) is 1.00. The molecule has 1 unspecified atom stereocenters. The second-order valence-corrected chi connectivity index (χ2v) is 3.08. The van der Waals surface area contributed by atoms with Crippen LogP contribution in [0.4, 0.5) is 0 Å². The van der Waals surface area contributed by atoms with Gasteiger partial charge in [-0.25, -0.2) is 0 Å². The molecule has 0 aromatic rings. The highest BCUT2D eigenvalue weighted by Crippen LogP contribution is 2.24. The number of hydrogen-bond donors (Lipinski definition) is 0. The fourth-order valence-electron chi connectivity index (χ4n) is 1.47. The van der Waals surface area contributed by atoms with Crippen LogP contribution in [0.1, 0.15) is 26.2 Å². The summed E-state index contributed by atoms with van der Waals surface area (Å²) in [6, 6.07) is 0. The molecule has 0 aromatic carbocycles. The predicted molar refractivity (Wildman–Crippen MR) is 54.1 cm³/mol. The van der Waals surface area contributed by atoms with Crippen molar-refractivity contribution < 1.29 is 18.9 Å². The highest BCUT2D eigenvalue weighted by molar-refractivity contribution is 4.70. The zero-order chi connectivity index (χ0) is 11.0. The standard InChI is InChI=1S/C10H22O4/c1-6-7-8-9(11-2)10(12-3,13-4)14-5/h9H,6-8H2,1-5H3. The molecule has 86 valence electrons. The Bertz CT molecular complexity index is 126. The Hall–Kier alpha value is -0.160. The quantitative estimate of drug-likeness (QED) is 0.567. The van der Waals surface area contributed by atoms with Crippen molar-refractivity contribution in [2.75, 3.05) is 28.4 Å². The molecule has 0 saturated heterocycles. The first kappa shape index (κ1) is 13.8. The molecule has 0 amide bonds. The monoisotopic (exact) mass is 206 g/mol. The van der Waals surface area contributed by atoms with E-state index < -0.39 is 5.97 Å². The van der Waals surface area contributed by atoms with Crippen LogP contribution >= 0.6 is 0 Å². The largest absolute Gasteiger partial charge is 0.373 e. The van der Waals surface area contributed by atoms with Crippen LogP contribution < -0.4 is 0 Å². The summed E-state index contributed by atoms with van der Waals surface area (Å²) in [6.07, 6.45) is 2.80. The van der Waals surface area contributed by atoms with Crippen molar-refractivity contribution in [2.24, 2.45) is 0 Å². The molecule has 1 atom stereocenters. The molecule has 0 radical (unpaired) electrons. The first-order valence-corrected chi connectivity index (χ1v) is 4.89. The van der Waals surface area contributed by atoms with Crippen molar-refractivity contribution in [2.45, 2.75) is 38.3 Å². The Morgan fingerprint density at radius 1 is 1.00 bits per heavy atom. The molecule has 0 aliphatic heterocycles. The van der Waals surface area contributed by atoms with Crippen molar-refractivity contribution >= 4 is 0 Å². The molecular formula is C10H22O4. The summed E-state index contributed by atoms with van der Waals surface area (Å²) < 4.78 is 21.0. The average Bonchev–Trinajstić information content (AvgIpc) is 2.25. The molecule has 0 aliphatic carbocycles. The second kappa shape index (κ2) is 7.17. The third kappa shape index (κ3) is 3.20. The lowest BCUT2D eigenvalue weighted by atomic mass is 10.1. The van der Waals surface area contributed by atoms with E-state index in [1.54, 1.807) is 28.4 Å². The van der Waals surface area contributed by atoms with Gasteiger partial charge in [0.2, 0.25) is 0 Å². The van der Waals surface area contributed by atoms with Gasteiger partial charge in [-0.05, 0) is 6.42 Å². The van der Waals surface area contributed by atoms with Crippen LogP contribution in [-0.2, 0) is 18.9 Å². The lowest BCUT2D eigenvalue weighted by molar-refractivity contribution is -0.391. The molecule has 4 nitrogen and oxygen atoms in total. The zero-order valence-corrected chi connectivity index (χ0v) is 9.83. The maximum absolute atomic E-state index is 5.32. The number of methoxy groups -OCH3 is 4. The van der Waals surface area contributed by atoms with E-state index in [4.69, 9.17) is 18.9 Å². The first-order chi connectivity index (χ1) is 6.70. The Balaban J connectivity index is 4.40. The van der Waals surface area contributed by atoms with Gasteiger partial charge in [-0.1, -0.05) is 19.8 Å². The molecule has 0 rings (SSSR count). The van der Waals surface area contributed by atoms with Gasteiger partial charge in [0.15, 0.2) is 0 Å². The molecule has 4 heteroatoms. The van der Waals surface area contributed by atoms with Gasteiger partial charge in [0, 0.05) is 28.4 Å². The van der Waals surface area contributed by atoms with Gasteiger partial charge in [-0.3, -0.25) is 0 Å². The SMILES string of the molecule is CCCCC(OC)C(OC)(OC)OC. The van der Waals surface area contributed by atoms with Gasteiger partial charge in [0.1, 0.15) is 6.10 Å². The molecule has 0 N–H and O–H groups in total. The van der Waals surface area contributed by atoms with Crippen molar-refractivity contribution in [3.63, 3.8) is 0 Å². The van der Waals surface area contributed by atoms with E-state index in [1.807, 2.05) is 0 Å². The summed E-state index contributed by atoms with van der Waals surface area (Å²) in [5.41, 5.74) is 0. The van der Waals surface area contributed by atoms with Crippen LogP contribution in [0, 0.1) is 0 Å².